The van der Waals surface area contributed by atoms with Crippen LogP contribution in [0.25, 0.3) is 11.2 Å². The summed E-state index contributed by atoms with van der Waals surface area (Å²) in [6.07, 6.45) is -1.29. The van der Waals surface area contributed by atoms with Crippen LogP contribution in [0.2, 0.25) is 0 Å². The lowest BCUT2D eigenvalue weighted by atomic mass is 10.2. The molecule has 8 heteroatoms. The van der Waals surface area contributed by atoms with Crippen LogP contribution in [-0.2, 0) is 20.5 Å². The van der Waals surface area contributed by atoms with E-state index in [0.29, 0.717) is 5.56 Å². The number of hydrogen-bond donors (Lipinski definition) is 1. The molecule has 1 aromatic carbocycles. The molecule has 2 heterocycles. The van der Waals surface area contributed by atoms with Gasteiger partial charge in [0.2, 0.25) is 0 Å². The van der Waals surface area contributed by atoms with Crippen molar-refractivity contribution in [3.63, 3.8) is 0 Å². The average Bonchev–Trinajstić information content (AvgIpc) is 2.98. The number of aromatic nitrogens is 4. The number of aryl methyl sites for hydroxylation is 1. The molecular formula is C16H15N5O3. The third-order valence-corrected chi connectivity index (χ3v) is 3.94. The third kappa shape index (κ3) is 2.23. The zero-order valence-corrected chi connectivity index (χ0v) is 13.2. The van der Waals surface area contributed by atoms with Crippen molar-refractivity contribution in [1.82, 2.24) is 18.7 Å². The Morgan fingerprint density at radius 3 is 2.50 bits per heavy atom. The van der Waals surface area contributed by atoms with Crippen LogP contribution in [0.4, 0.5) is 0 Å². The number of fused-ring (bicyclic) bond motifs is 1. The van der Waals surface area contributed by atoms with Crippen molar-refractivity contribution in [3.8, 4) is 6.07 Å². The van der Waals surface area contributed by atoms with Crippen LogP contribution in [0.5, 0.6) is 0 Å². The smallest absolute Gasteiger partial charge is 0.332 e. The van der Waals surface area contributed by atoms with Crippen LogP contribution in [0.3, 0.4) is 0 Å². The minimum atomic E-state index is -1.19. The minimum absolute atomic E-state index is 0.0844. The molecule has 0 aliphatic rings. The Kier molecular flexibility index (Phi) is 3.79. The fourth-order valence-electron chi connectivity index (χ4n) is 2.69. The molecule has 0 unspecified atom stereocenters. The number of nitriles is 1. The van der Waals surface area contributed by atoms with Gasteiger partial charge in [-0.05, 0) is 0 Å². The van der Waals surface area contributed by atoms with E-state index >= 15 is 0 Å². The third-order valence-electron chi connectivity index (χ3n) is 3.94. The highest BCUT2D eigenvalue weighted by molar-refractivity contribution is 5.71. The topological polar surface area (TPSA) is 106 Å². The van der Waals surface area contributed by atoms with E-state index in [2.05, 4.69) is 4.98 Å². The van der Waals surface area contributed by atoms with Gasteiger partial charge in [-0.25, -0.2) is 9.78 Å². The number of imidazole rings is 1. The van der Waals surface area contributed by atoms with Crippen LogP contribution < -0.4 is 11.2 Å². The lowest BCUT2D eigenvalue weighted by Gasteiger charge is -2.16. The van der Waals surface area contributed by atoms with Gasteiger partial charge in [-0.15, -0.1) is 0 Å². The van der Waals surface area contributed by atoms with Gasteiger partial charge in [0.25, 0.3) is 5.56 Å². The molecule has 0 amide bonds. The highest BCUT2D eigenvalue weighted by atomic mass is 16.3. The molecule has 0 saturated heterocycles. The van der Waals surface area contributed by atoms with Gasteiger partial charge in [0.05, 0.1) is 12.5 Å². The van der Waals surface area contributed by atoms with Gasteiger partial charge in [0.1, 0.15) is 5.82 Å². The summed E-state index contributed by atoms with van der Waals surface area (Å²) < 4.78 is 3.50. The summed E-state index contributed by atoms with van der Waals surface area (Å²) in [6.45, 7) is 0. The molecule has 0 fully saturated rings. The largest absolute Gasteiger partial charge is 0.369 e. The number of rotatable bonds is 3. The zero-order chi connectivity index (χ0) is 17.4. The maximum absolute atomic E-state index is 12.6. The lowest BCUT2D eigenvalue weighted by molar-refractivity contribution is 0.147. The van der Waals surface area contributed by atoms with E-state index in [-0.39, 0.29) is 23.4 Å². The molecule has 0 saturated carbocycles. The Bertz CT molecular complexity index is 1070. The molecule has 3 aromatic rings. The second-order valence-electron chi connectivity index (χ2n) is 5.40. The number of nitrogens with zero attached hydrogens (tertiary/aromatic N) is 5. The van der Waals surface area contributed by atoms with Gasteiger partial charge in [0, 0.05) is 19.7 Å². The number of aliphatic hydroxyl groups is 1. The molecular weight excluding hydrogens is 310 g/mol. The standard InChI is InChI=1S/C16H15N5O3/c1-19-13-12(15(23)20(2)16(19)24)21(11(18-13)8-9-17)14(22)10-6-4-3-5-7-10/h3-7,14,22H,8H2,1-2H3/t14-/m0/s1. The highest BCUT2D eigenvalue weighted by Crippen LogP contribution is 2.22. The average molecular weight is 325 g/mol. The SMILES string of the molecule is Cn1c(=O)c2c(nc(CC#N)n2[C@@H](O)c2ccccc2)n(C)c1=O. The van der Waals surface area contributed by atoms with Crippen molar-refractivity contribution < 1.29 is 5.11 Å². The fourth-order valence-corrected chi connectivity index (χ4v) is 2.69. The van der Waals surface area contributed by atoms with E-state index in [9.17, 15) is 14.7 Å². The van der Waals surface area contributed by atoms with E-state index in [1.54, 1.807) is 30.3 Å². The molecule has 1 N–H and O–H groups in total. The van der Waals surface area contributed by atoms with Crippen molar-refractivity contribution in [1.29, 1.82) is 5.26 Å². The summed E-state index contributed by atoms with van der Waals surface area (Å²) in [4.78, 5) is 28.9. The number of hydrogen-bond acceptors (Lipinski definition) is 5. The van der Waals surface area contributed by atoms with Crippen molar-refractivity contribution in [2.24, 2.45) is 14.1 Å². The summed E-state index contributed by atoms with van der Waals surface area (Å²) in [6, 6.07) is 10.7. The van der Waals surface area contributed by atoms with Crippen molar-refractivity contribution in [2.75, 3.05) is 0 Å². The molecule has 122 valence electrons. The van der Waals surface area contributed by atoms with Gasteiger partial charge in [-0.3, -0.25) is 18.5 Å². The van der Waals surface area contributed by atoms with E-state index < -0.39 is 17.5 Å². The van der Waals surface area contributed by atoms with E-state index in [4.69, 9.17) is 5.26 Å². The molecule has 0 spiro atoms. The predicted molar refractivity (Wildman–Crippen MR) is 86.3 cm³/mol. The molecule has 2 aromatic heterocycles. The molecule has 0 bridgehead atoms. The molecule has 8 nitrogen and oxygen atoms in total. The quantitative estimate of drug-likeness (QED) is 0.732. The summed E-state index contributed by atoms with van der Waals surface area (Å²) >= 11 is 0. The Morgan fingerprint density at radius 1 is 1.21 bits per heavy atom. The normalized spacial score (nSPS) is 12.2. The predicted octanol–water partition coefficient (Wildman–Crippen LogP) is 0.0390. The first-order chi connectivity index (χ1) is 11.5. The van der Waals surface area contributed by atoms with E-state index in [1.807, 2.05) is 6.07 Å². The molecule has 0 radical (unpaired) electrons. The maximum atomic E-state index is 12.6. The van der Waals surface area contributed by atoms with Crippen LogP contribution >= 0.6 is 0 Å². The summed E-state index contributed by atoms with van der Waals surface area (Å²) in [5.74, 6) is 0.224. The monoisotopic (exact) mass is 325 g/mol. The summed E-state index contributed by atoms with van der Waals surface area (Å²) in [5, 5.41) is 19.8. The number of aliphatic hydroxyl groups excluding tert-OH is 1. The fraction of sp³-hybridized carbons (Fsp3) is 0.250. The second-order valence-corrected chi connectivity index (χ2v) is 5.40. The molecule has 0 aliphatic heterocycles. The molecule has 24 heavy (non-hydrogen) atoms. The van der Waals surface area contributed by atoms with Gasteiger partial charge in [-0.2, -0.15) is 5.26 Å². The molecule has 0 aliphatic carbocycles. The Morgan fingerprint density at radius 2 is 1.88 bits per heavy atom. The first-order valence-corrected chi connectivity index (χ1v) is 7.24. The lowest BCUT2D eigenvalue weighted by Crippen LogP contribution is -2.37. The van der Waals surface area contributed by atoms with Crippen molar-refractivity contribution in [2.45, 2.75) is 12.6 Å². The van der Waals surface area contributed by atoms with Crippen molar-refractivity contribution >= 4 is 11.2 Å². The zero-order valence-electron chi connectivity index (χ0n) is 13.2. The summed E-state index contributed by atoms with van der Waals surface area (Å²) in [7, 11) is 2.85. The van der Waals surface area contributed by atoms with Gasteiger partial charge in [-0.1, -0.05) is 30.3 Å². The Hall–Kier alpha value is -3.18. The first-order valence-electron chi connectivity index (χ1n) is 7.24. The van der Waals surface area contributed by atoms with Crippen molar-refractivity contribution in [3.05, 3.63) is 62.6 Å². The first kappa shape index (κ1) is 15.7. The van der Waals surface area contributed by atoms with Crippen LogP contribution in [0, 0.1) is 11.3 Å². The van der Waals surface area contributed by atoms with E-state index in [0.717, 1.165) is 4.57 Å². The van der Waals surface area contributed by atoms with Crippen LogP contribution in [0.15, 0.2) is 39.9 Å². The van der Waals surface area contributed by atoms with Crippen LogP contribution in [-0.4, -0.2) is 23.8 Å². The second kappa shape index (κ2) is 5.79. The van der Waals surface area contributed by atoms with Gasteiger partial charge < -0.3 is 5.11 Å². The van der Waals surface area contributed by atoms with E-state index in [1.165, 1.54) is 23.2 Å². The van der Waals surface area contributed by atoms with Crippen LogP contribution in [0.1, 0.15) is 17.6 Å². The molecule has 1 atom stereocenters. The molecule has 3 rings (SSSR count). The van der Waals surface area contributed by atoms with Gasteiger partial charge in [0.15, 0.2) is 17.4 Å². The van der Waals surface area contributed by atoms with Gasteiger partial charge >= 0.3 is 5.69 Å². The maximum Gasteiger partial charge on any atom is 0.332 e. The minimum Gasteiger partial charge on any atom is -0.369 e. The Labute approximate surface area is 136 Å². The highest BCUT2D eigenvalue weighted by Gasteiger charge is 2.23. The summed E-state index contributed by atoms with van der Waals surface area (Å²) in [5.41, 5.74) is -0.314. The number of benzene rings is 1. The Balaban J connectivity index is 2.42.